The van der Waals surface area contributed by atoms with Gasteiger partial charge in [0.1, 0.15) is 5.75 Å². The van der Waals surface area contributed by atoms with Crippen molar-refractivity contribution >= 4 is 32.7 Å². The van der Waals surface area contributed by atoms with Gasteiger partial charge in [-0.3, -0.25) is 4.79 Å². The molecule has 88 valence electrons. The van der Waals surface area contributed by atoms with E-state index in [1.54, 1.807) is 25.1 Å². The molecule has 2 rings (SSSR count). The summed E-state index contributed by atoms with van der Waals surface area (Å²) in [6.45, 7) is 1.56. The molecular formula is C13H11BrO3. The van der Waals surface area contributed by atoms with Gasteiger partial charge in [-0.05, 0) is 18.4 Å². The number of carboxylic acid groups (broad SMARTS) is 1. The maximum absolute atomic E-state index is 10.9. The molecule has 17 heavy (non-hydrogen) atoms. The van der Waals surface area contributed by atoms with Gasteiger partial charge < -0.3 is 10.2 Å². The maximum atomic E-state index is 10.9. The normalized spacial score (nSPS) is 12.6. The lowest BCUT2D eigenvalue weighted by molar-refractivity contribution is -0.138. The molecule has 0 saturated carbocycles. The van der Waals surface area contributed by atoms with Crippen molar-refractivity contribution in [1.82, 2.24) is 0 Å². The lowest BCUT2D eigenvalue weighted by atomic mass is 9.96. The number of hydrogen-bond acceptors (Lipinski definition) is 2. The molecule has 2 aromatic carbocycles. The zero-order chi connectivity index (χ0) is 12.6. The Kier molecular flexibility index (Phi) is 3.07. The van der Waals surface area contributed by atoms with Gasteiger partial charge in [-0.25, -0.2) is 0 Å². The van der Waals surface area contributed by atoms with Crippen LogP contribution in [0.3, 0.4) is 0 Å². The van der Waals surface area contributed by atoms with E-state index in [0.29, 0.717) is 10.9 Å². The molecule has 0 fully saturated rings. The fraction of sp³-hybridized carbons (Fsp3) is 0.154. The number of halogens is 1. The minimum atomic E-state index is -0.949. The molecule has 0 aliphatic heterocycles. The summed E-state index contributed by atoms with van der Waals surface area (Å²) in [7, 11) is 0. The van der Waals surface area contributed by atoms with Crippen LogP contribution in [-0.2, 0) is 4.79 Å². The molecule has 0 aliphatic rings. The van der Waals surface area contributed by atoms with E-state index < -0.39 is 11.9 Å². The van der Waals surface area contributed by atoms with Crippen LogP contribution in [0.5, 0.6) is 5.75 Å². The van der Waals surface area contributed by atoms with Gasteiger partial charge in [-0.2, -0.15) is 0 Å². The number of benzene rings is 2. The third-order valence-electron chi connectivity index (χ3n) is 2.85. The molecule has 0 bridgehead atoms. The topological polar surface area (TPSA) is 57.5 Å². The van der Waals surface area contributed by atoms with Gasteiger partial charge in [-0.1, -0.05) is 40.2 Å². The Morgan fingerprint density at radius 2 is 1.94 bits per heavy atom. The van der Waals surface area contributed by atoms with E-state index in [-0.39, 0.29) is 5.75 Å². The Balaban J connectivity index is 2.70. The summed E-state index contributed by atoms with van der Waals surface area (Å²) >= 11 is 3.39. The first-order chi connectivity index (χ1) is 8.02. The summed E-state index contributed by atoms with van der Waals surface area (Å²) in [6, 6.07) is 8.92. The highest BCUT2D eigenvalue weighted by Gasteiger charge is 2.19. The van der Waals surface area contributed by atoms with Crippen molar-refractivity contribution in [3.8, 4) is 5.75 Å². The average Bonchev–Trinajstić information content (AvgIpc) is 2.30. The maximum Gasteiger partial charge on any atom is 0.310 e. The van der Waals surface area contributed by atoms with E-state index in [2.05, 4.69) is 15.9 Å². The van der Waals surface area contributed by atoms with Gasteiger partial charge in [0, 0.05) is 15.4 Å². The second kappa shape index (κ2) is 4.37. The Morgan fingerprint density at radius 1 is 1.24 bits per heavy atom. The number of aromatic hydroxyl groups is 1. The minimum absolute atomic E-state index is 0.0405. The lowest BCUT2D eigenvalue weighted by Gasteiger charge is -2.12. The first-order valence-electron chi connectivity index (χ1n) is 5.15. The minimum Gasteiger partial charge on any atom is -0.507 e. The van der Waals surface area contributed by atoms with Crippen molar-refractivity contribution in [1.29, 1.82) is 0 Å². The third-order valence-corrected chi connectivity index (χ3v) is 3.54. The summed E-state index contributed by atoms with van der Waals surface area (Å²) in [4.78, 5) is 10.9. The highest BCUT2D eigenvalue weighted by Crippen LogP contribution is 2.36. The van der Waals surface area contributed by atoms with Gasteiger partial charge in [-0.15, -0.1) is 0 Å². The predicted molar refractivity (Wildman–Crippen MR) is 69.4 cm³/mol. The molecule has 2 aromatic rings. The number of carbonyl (C=O) groups is 1. The molecule has 1 unspecified atom stereocenters. The van der Waals surface area contributed by atoms with Crippen LogP contribution in [0.15, 0.2) is 34.8 Å². The van der Waals surface area contributed by atoms with Crippen LogP contribution in [0.25, 0.3) is 10.8 Å². The molecule has 1 atom stereocenters. The molecule has 0 heterocycles. The second-order valence-corrected chi connectivity index (χ2v) is 4.75. The SMILES string of the molecule is CC(C(=O)O)c1ccc2c(Br)cccc2c1O. The summed E-state index contributed by atoms with van der Waals surface area (Å²) in [5.74, 6) is -1.63. The van der Waals surface area contributed by atoms with Gasteiger partial charge in [0.2, 0.25) is 0 Å². The monoisotopic (exact) mass is 294 g/mol. The molecular weight excluding hydrogens is 284 g/mol. The van der Waals surface area contributed by atoms with E-state index in [1.165, 1.54) is 0 Å². The van der Waals surface area contributed by atoms with Gasteiger partial charge in [0.25, 0.3) is 0 Å². The third kappa shape index (κ3) is 2.00. The number of aliphatic carboxylic acids is 1. The summed E-state index contributed by atoms with van der Waals surface area (Å²) in [6.07, 6.45) is 0. The Labute approximate surface area is 107 Å². The highest BCUT2D eigenvalue weighted by molar-refractivity contribution is 9.10. The van der Waals surface area contributed by atoms with Crippen molar-refractivity contribution < 1.29 is 15.0 Å². The number of phenols is 1. The number of rotatable bonds is 2. The van der Waals surface area contributed by atoms with Crippen LogP contribution in [0, 0.1) is 0 Å². The fourth-order valence-electron chi connectivity index (χ4n) is 1.80. The Morgan fingerprint density at radius 3 is 2.59 bits per heavy atom. The van der Waals surface area contributed by atoms with Gasteiger partial charge in [0.05, 0.1) is 5.92 Å². The molecule has 4 heteroatoms. The largest absolute Gasteiger partial charge is 0.507 e. The predicted octanol–water partition coefficient (Wildman–Crippen LogP) is 3.50. The zero-order valence-electron chi connectivity index (χ0n) is 9.14. The van der Waals surface area contributed by atoms with Crippen molar-refractivity contribution in [3.63, 3.8) is 0 Å². The van der Waals surface area contributed by atoms with E-state index in [4.69, 9.17) is 5.11 Å². The van der Waals surface area contributed by atoms with Crippen LogP contribution >= 0.6 is 15.9 Å². The highest BCUT2D eigenvalue weighted by atomic mass is 79.9. The number of hydrogen-bond donors (Lipinski definition) is 2. The average molecular weight is 295 g/mol. The van der Waals surface area contributed by atoms with Crippen LogP contribution in [0.4, 0.5) is 0 Å². The van der Waals surface area contributed by atoms with Crippen molar-refractivity contribution in [2.24, 2.45) is 0 Å². The van der Waals surface area contributed by atoms with Crippen LogP contribution in [-0.4, -0.2) is 16.2 Å². The zero-order valence-corrected chi connectivity index (χ0v) is 10.7. The first-order valence-corrected chi connectivity index (χ1v) is 5.94. The molecule has 0 aliphatic carbocycles. The molecule has 2 N–H and O–H groups in total. The Bertz CT molecular complexity index is 592. The van der Waals surface area contributed by atoms with E-state index in [0.717, 1.165) is 9.86 Å². The standard InChI is InChI=1S/C13H11BrO3/c1-7(13(16)17)8-5-6-9-10(12(8)15)3-2-4-11(9)14/h2-7,15H,1H3,(H,16,17). The quantitative estimate of drug-likeness (QED) is 0.891. The Hall–Kier alpha value is -1.55. The number of phenolic OH excluding ortho intramolecular Hbond substituents is 1. The van der Waals surface area contributed by atoms with Crippen LogP contribution < -0.4 is 0 Å². The van der Waals surface area contributed by atoms with E-state index >= 15 is 0 Å². The van der Waals surface area contributed by atoms with Crippen molar-refractivity contribution in [3.05, 3.63) is 40.4 Å². The second-order valence-electron chi connectivity index (χ2n) is 3.90. The number of carboxylic acids is 1. The molecule has 0 radical (unpaired) electrons. The van der Waals surface area contributed by atoms with Gasteiger partial charge >= 0.3 is 5.97 Å². The molecule has 0 amide bonds. The molecule has 0 aromatic heterocycles. The molecule has 0 spiro atoms. The molecule has 3 nitrogen and oxygen atoms in total. The van der Waals surface area contributed by atoms with Crippen LogP contribution in [0.1, 0.15) is 18.4 Å². The van der Waals surface area contributed by atoms with E-state index in [9.17, 15) is 9.90 Å². The molecule has 0 saturated heterocycles. The summed E-state index contributed by atoms with van der Waals surface area (Å²) in [5, 5.41) is 20.6. The van der Waals surface area contributed by atoms with Crippen molar-refractivity contribution in [2.75, 3.05) is 0 Å². The number of fused-ring (bicyclic) bond motifs is 1. The summed E-state index contributed by atoms with van der Waals surface area (Å²) in [5.41, 5.74) is 0.433. The fourth-order valence-corrected chi connectivity index (χ4v) is 2.30. The first kappa shape index (κ1) is 11.9. The lowest BCUT2D eigenvalue weighted by Crippen LogP contribution is -2.07. The van der Waals surface area contributed by atoms with Crippen LogP contribution in [0.2, 0.25) is 0 Å². The summed E-state index contributed by atoms with van der Waals surface area (Å²) < 4.78 is 0.875. The van der Waals surface area contributed by atoms with Crippen molar-refractivity contribution in [2.45, 2.75) is 12.8 Å². The van der Waals surface area contributed by atoms with Gasteiger partial charge in [0.15, 0.2) is 0 Å². The van der Waals surface area contributed by atoms with E-state index in [1.807, 2.05) is 12.1 Å². The smallest absolute Gasteiger partial charge is 0.310 e.